The predicted octanol–water partition coefficient (Wildman–Crippen LogP) is 3.75. The van der Waals surface area contributed by atoms with Crippen molar-refractivity contribution in [3.8, 4) is 5.75 Å². The van der Waals surface area contributed by atoms with Crippen molar-refractivity contribution in [3.63, 3.8) is 0 Å². The van der Waals surface area contributed by atoms with E-state index in [1.54, 1.807) is 7.11 Å². The van der Waals surface area contributed by atoms with Gasteiger partial charge in [-0.2, -0.15) is 0 Å². The topological polar surface area (TPSA) is 42.0 Å². The summed E-state index contributed by atoms with van der Waals surface area (Å²) in [6.07, 6.45) is 5.39. The van der Waals surface area contributed by atoms with Gasteiger partial charge in [0.1, 0.15) is 5.75 Å². The van der Waals surface area contributed by atoms with Crippen LogP contribution in [0.1, 0.15) is 28.4 Å². The van der Waals surface area contributed by atoms with Crippen LogP contribution in [0.3, 0.4) is 0 Å². The molecule has 2 aromatic carbocycles. The number of nitrogens with zero attached hydrogens (tertiary/aromatic N) is 2. The van der Waals surface area contributed by atoms with E-state index in [1.165, 1.54) is 11.1 Å². The molecule has 0 radical (unpaired) electrons. The molecular weight excluding hydrogens is 376 g/mol. The van der Waals surface area contributed by atoms with Gasteiger partial charge >= 0.3 is 5.97 Å². The number of rotatable bonds is 9. The zero-order valence-corrected chi connectivity index (χ0v) is 18.0. The first-order valence-corrected chi connectivity index (χ1v) is 10.7. The van der Waals surface area contributed by atoms with Crippen molar-refractivity contribution >= 4 is 12.0 Å². The second-order valence-electron chi connectivity index (χ2n) is 7.49. The first kappa shape index (κ1) is 22.1. The molecule has 1 fully saturated rings. The van der Waals surface area contributed by atoms with Crippen LogP contribution in [0.2, 0.25) is 0 Å². The molecule has 1 aliphatic heterocycles. The minimum Gasteiger partial charge on any atom is -0.497 e. The lowest BCUT2D eigenvalue weighted by molar-refractivity contribution is 0.0526. The number of piperazine rings is 1. The Hall–Kier alpha value is -2.63. The molecule has 0 aromatic heterocycles. The zero-order valence-electron chi connectivity index (χ0n) is 18.0. The number of carbonyl (C=O) groups is 1. The highest BCUT2D eigenvalue weighted by Gasteiger charge is 2.15. The van der Waals surface area contributed by atoms with Gasteiger partial charge in [0, 0.05) is 39.3 Å². The van der Waals surface area contributed by atoms with Crippen molar-refractivity contribution in [2.45, 2.75) is 13.3 Å². The average Bonchev–Trinajstić information content (AvgIpc) is 2.79. The summed E-state index contributed by atoms with van der Waals surface area (Å²) in [6.45, 7) is 8.61. The van der Waals surface area contributed by atoms with E-state index in [0.29, 0.717) is 12.2 Å². The van der Waals surface area contributed by atoms with Crippen molar-refractivity contribution in [3.05, 3.63) is 71.3 Å². The van der Waals surface area contributed by atoms with E-state index in [2.05, 4.69) is 28.0 Å². The standard InChI is InChI=1S/C25H32N2O3/c1-3-30-25(28)23-11-9-21(10-12-23)13-15-27-18-16-26(17-19-27)14-5-7-22-6-4-8-24(20-22)29-2/h4-12,20H,3,13-19H2,1-2H3. The first-order chi connectivity index (χ1) is 14.7. The SMILES string of the molecule is CCOC(=O)c1ccc(CCN2CCN(CC=Cc3cccc(OC)c3)CC2)cc1. The summed E-state index contributed by atoms with van der Waals surface area (Å²) in [6, 6.07) is 15.9. The maximum atomic E-state index is 11.7. The lowest BCUT2D eigenvalue weighted by atomic mass is 10.1. The summed E-state index contributed by atoms with van der Waals surface area (Å²) >= 11 is 0. The number of ether oxygens (including phenoxy) is 2. The molecule has 0 spiro atoms. The second-order valence-corrected chi connectivity index (χ2v) is 7.49. The van der Waals surface area contributed by atoms with Crippen LogP contribution < -0.4 is 4.74 Å². The number of methoxy groups -OCH3 is 1. The minimum atomic E-state index is -0.249. The van der Waals surface area contributed by atoms with Gasteiger partial charge in [-0.05, 0) is 48.7 Å². The number of carbonyl (C=O) groups excluding carboxylic acids is 1. The van der Waals surface area contributed by atoms with Gasteiger partial charge in [0.15, 0.2) is 0 Å². The molecule has 0 amide bonds. The van der Waals surface area contributed by atoms with Crippen molar-refractivity contribution < 1.29 is 14.3 Å². The first-order valence-electron chi connectivity index (χ1n) is 10.7. The smallest absolute Gasteiger partial charge is 0.338 e. The third kappa shape index (κ3) is 6.71. The number of benzene rings is 2. The Morgan fingerprint density at radius 2 is 1.77 bits per heavy atom. The predicted molar refractivity (Wildman–Crippen MR) is 121 cm³/mol. The molecule has 5 heteroatoms. The Kier molecular flexibility index (Phi) is 8.48. The highest BCUT2D eigenvalue weighted by Crippen LogP contribution is 2.14. The van der Waals surface area contributed by atoms with E-state index in [-0.39, 0.29) is 5.97 Å². The molecule has 0 aliphatic carbocycles. The Balaban J connectivity index is 1.37. The van der Waals surface area contributed by atoms with Gasteiger partial charge in [-0.3, -0.25) is 4.90 Å². The molecule has 0 unspecified atom stereocenters. The third-order valence-electron chi connectivity index (χ3n) is 5.41. The molecule has 5 nitrogen and oxygen atoms in total. The quantitative estimate of drug-likeness (QED) is 0.591. The molecule has 1 saturated heterocycles. The molecule has 2 aromatic rings. The largest absolute Gasteiger partial charge is 0.497 e. The fourth-order valence-electron chi connectivity index (χ4n) is 3.59. The Bertz CT molecular complexity index is 825. The van der Waals surface area contributed by atoms with Crippen molar-refractivity contribution in [1.29, 1.82) is 0 Å². The molecule has 0 saturated carbocycles. The maximum absolute atomic E-state index is 11.7. The lowest BCUT2D eigenvalue weighted by Gasteiger charge is -2.34. The third-order valence-corrected chi connectivity index (χ3v) is 5.41. The van der Waals surface area contributed by atoms with Crippen LogP contribution in [0.4, 0.5) is 0 Å². The Morgan fingerprint density at radius 1 is 1.03 bits per heavy atom. The van der Waals surface area contributed by atoms with Crippen molar-refractivity contribution in [2.75, 3.05) is 53.0 Å². The van der Waals surface area contributed by atoms with Crippen LogP contribution in [-0.4, -0.2) is 68.8 Å². The van der Waals surface area contributed by atoms with E-state index in [4.69, 9.17) is 9.47 Å². The molecule has 3 rings (SSSR count). The van der Waals surface area contributed by atoms with Crippen molar-refractivity contribution in [2.24, 2.45) is 0 Å². The summed E-state index contributed by atoms with van der Waals surface area (Å²) in [4.78, 5) is 16.7. The maximum Gasteiger partial charge on any atom is 0.338 e. The highest BCUT2D eigenvalue weighted by molar-refractivity contribution is 5.89. The van der Waals surface area contributed by atoms with Crippen LogP contribution in [0.25, 0.3) is 6.08 Å². The van der Waals surface area contributed by atoms with Gasteiger partial charge in [0.2, 0.25) is 0 Å². The molecule has 160 valence electrons. The molecular formula is C25H32N2O3. The zero-order chi connectivity index (χ0) is 21.2. The van der Waals surface area contributed by atoms with Crippen LogP contribution >= 0.6 is 0 Å². The molecule has 0 atom stereocenters. The summed E-state index contributed by atoms with van der Waals surface area (Å²) < 4.78 is 10.3. The molecule has 0 bridgehead atoms. The fraction of sp³-hybridized carbons (Fsp3) is 0.400. The van der Waals surface area contributed by atoms with E-state index < -0.39 is 0 Å². The molecule has 1 aliphatic rings. The second kappa shape index (κ2) is 11.5. The van der Waals surface area contributed by atoms with E-state index >= 15 is 0 Å². The van der Waals surface area contributed by atoms with Gasteiger partial charge in [0.05, 0.1) is 19.3 Å². The minimum absolute atomic E-state index is 0.249. The Morgan fingerprint density at radius 3 is 2.47 bits per heavy atom. The van der Waals surface area contributed by atoms with E-state index in [0.717, 1.165) is 51.4 Å². The summed E-state index contributed by atoms with van der Waals surface area (Å²) in [5.41, 5.74) is 3.05. The van der Waals surface area contributed by atoms with Crippen LogP contribution in [0, 0.1) is 0 Å². The van der Waals surface area contributed by atoms with Gasteiger partial charge in [0.25, 0.3) is 0 Å². The Labute approximate surface area is 179 Å². The number of esters is 1. The molecule has 30 heavy (non-hydrogen) atoms. The summed E-state index contributed by atoms with van der Waals surface area (Å²) in [5, 5.41) is 0. The fourth-order valence-corrected chi connectivity index (χ4v) is 3.59. The number of hydrogen-bond acceptors (Lipinski definition) is 5. The molecule has 1 heterocycles. The highest BCUT2D eigenvalue weighted by atomic mass is 16.5. The van der Waals surface area contributed by atoms with Gasteiger partial charge in [-0.25, -0.2) is 4.79 Å². The molecule has 0 N–H and O–H groups in total. The normalized spacial score (nSPS) is 15.4. The van der Waals surface area contributed by atoms with Crippen LogP contribution in [-0.2, 0) is 11.2 Å². The van der Waals surface area contributed by atoms with Crippen molar-refractivity contribution in [1.82, 2.24) is 9.80 Å². The number of hydrogen-bond donors (Lipinski definition) is 0. The lowest BCUT2D eigenvalue weighted by Crippen LogP contribution is -2.46. The van der Waals surface area contributed by atoms with E-state index in [9.17, 15) is 4.79 Å². The average molecular weight is 409 g/mol. The van der Waals surface area contributed by atoms with Gasteiger partial charge in [-0.15, -0.1) is 0 Å². The summed E-state index contributed by atoms with van der Waals surface area (Å²) in [5.74, 6) is 0.641. The summed E-state index contributed by atoms with van der Waals surface area (Å²) in [7, 11) is 1.70. The van der Waals surface area contributed by atoms with Crippen LogP contribution in [0.15, 0.2) is 54.6 Å². The monoisotopic (exact) mass is 408 g/mol. The van der Waals surface area contributed by atoms with E-state index in [1.807, 2.05) is 49.4 Å². The van der Waals surface area contributed by atoms with Gasteiger partial charge < -0.3 is 14.4 Å². The van der Waals surface area contributed by atoms with Crippen LogP contribution in [0.5, 0.6) is 5.75 Å². The van der Waals surface area contributed by atoms with Gasteiger partial charge in [-0.1, -0.05) is 36.4 Å².